The van der Waals surface area contributed by atoms with Crippen molar-refractivity contribution in [2.24, 2.45) is 0 Å². The van der Waals surface area contributed by atoms with Gasteiger partial charge >= 0.3 is 0 Å². The van der Waals surface area contributed by atoms with Crippen LogP contribution in [0.3, 0.4) is 0 Å². The summed E-state index contributed by atoms with van der Waals surface area (Å²) in [6, 6.07) is 8.53. The molecule has 1 heteroatoms. The first-order chi connectivity index (χ1) is 7.06. The quantitative estimate of drug-likeness (QED) is 0.750. The van der Waals surface area contributed by atoms with Gasteiger partial charge in [-0.2, -0.15) is 0 Å². The molecule has 0 fully saturated rings. The fourth-order valence-corrected chi connectivity index (χ4v) is 2.14. The molecule has 2 rings (SSSR count). The minimum Gasteiger partial charge on any atom is -0.358 e. The SMILES string of the molecule is CCC(C)(C)c1[nH]c2ccccc2c1C. The summed E-state index contributed by atoms with van der Waals surface area (Å²) < 4.78 is 0. The molecule has 0 atom stereocenters. The van der Waals surface area contributed by atoms with Crippen LogP contribution < -0.4 is 0 Å². The molecule has 1 aromatic heterocycles. The Morgan fingerprint density at radius 1 is 1.20 bits per heavy atom. The highest BCUT2D eigenvalue weighted by atomic mass is 14.7. The number of H-pyrrole nitrogens is 1. The van der Waals surface area contributed by atoms with Crippen LogP contribution in [-0.4, -0.2) is 4.98 Å². The molecule has 0 unspecified atom stereocenters. The number of hydrogen-bond acceptors (Lipinski definition) is 0. The van der Waals surface area contributed by atoms with Crippen LogP contribution in [0.1, 0.15) is 38.4 Å². The van der Waals surface area contributed by atoms with Crippen molar-refractivity contribution < 1.29 is 0 Å². The number of hydrogen-bond donors (Lipinski definition) is 1. The lowest BCUT2D eigenvalue weighted by atomic mass is 9.84. The highest BCUT2D eigenvalue weighted by molar-refractivity contribution is 5.84. The zero-order valence-electron chi connectivity index (χ0n) is 10.0. The van der Waals surface area contributed by atoms with Crippen molar-refractivity contribution in [1.29, 1.82) is 0 Å². The summed E-state index contributed by atoms with van der Waals surface area (Å²) >= 11 is 0. The summed E-state index contributed by atoms with van der Waals surface area (Å²) in [6.45, 7) is 9.05. The predicted octanol–water partition coefficient (Wildman–Crippen LogP) is 4.16. The van der Waals surface area contributed by atoms with Crippen LogP contribution in [0.2, 0.25) is 0 Å². The number of para-hydroxylation sites is 1. The van der Waals surface area contributed by atoms with Crippen molar-refractivity contribution >= 4 is 10.9 Å². The number of nitrogens with one attached hydrogen (secondary N) is 1. The van der Waals surface area contributed by atoms with Crippen LogP contribution in [0.15, 0.2) is 24.3 Å². The second kappa shape index (κ2) is 3.41. The highest BCUT2D eigenvalue weighted by Gasteiger charge is 2.23. The smallest absolute Gasteiger partial charge is 0.0458 e. The summed E-state index contributed by atoms with van der Waals surface area (Å²) in [7, 11) is 0. The van der Waals surface area contributed by atoms with Crippen LogP contribution in [0.4, 0.5) is 0 Å². The summed E-state index contributed by atoms with van der Waals surface area (Å²) in [5.74, 6) is 0. The van der Waals surface area contributed by atoms with E-state index in [2.05, 4.69) is 56.9 Å². The number of benzene rings is 1. The Morgan fingerprint density at radius 2 is 1.87 bits per heavy atom. The highest BCUT2D eigenvalue weighted by Crippen LogP contribution is 2.32. The second-order valence-corrected chi connectivity index (χ2v) is 4.91. The van der Waals surface area contributed by atoms with Crippen LogP contribution >= 0.6 is 0 Å². The minimum atomic E-state index is 0.239. The molecule has 0 amide bonds. The molecule has 0 bridgehead atoms. The Morgan fingerprint density at radius 3 is 2.47 bits per heavy atom. The van der Waals surface area contributed by atoms with Gasteiger partial charge in [-0.25, -0.2) is 0 Å². The maximum absolute atomic E-state index is 3.56. The molecule has 0 aliphatic heterocycles. The van der Waals surface area contributed by atoms with E-state index in [1.54, 1.807) is 0 Å². The van der Waals surface area contributed by atoms with Gasteiger partial charge in [0.2, 0.25) is 0 Å². The molecular weight excluding hydrogens is 182 g/mol. The van der Waals surface area contributed by atoms with E-state index >= 15 is 0 Å². The molecule has 0 radical (unpaired) electrons. The van der Waals surface area contributed by atoms with E-state index in [9.17, 15) is 0 Å². The van der Waals surface area contributed by atoms with E-state index in [0.29, 0.717) is 0 Å². The number of aryl methyl sites for hydroxylation is 1. The van der Waals surface area contributed by atoms with Crippen molar-refractivity contribution in [2.75, 3.05) is 0 Å². The third-order valence-corrected chi connectivity index (χ3v) is 3.53. The lowest BCUT2D eigenvalue weighted by Gasteiger charge is -2.22. The number of rotatable bonds is 2. The summed E-state index contributed by atoms with van der Waals surface area (Å²) in [5, 5.41) is 1.36. The molecule has 0 saturated heterocycles. The van der Waals surface area contributed by atoms with Gasteiger partial charge in [-0.3, -0.25) is 0 Å². The molecule has 80 valence electrons. The molecule has 15 heavy (non-hydrogen) atoms. The Bertz CT molecular complexity index is 477. The lowest BCUT2D eigenvalue weighted by Crippen LogP contribution is -2.17. The first kappa shape index (κ1) is 10.3. The Kier molecular flexibility index (Phi) is 2.34. The first-order valence-electron chi connectivity index (χ1n) is 5.64. The average molecular weight is 201 g/mol. The van der Waals surface area contributed by atoms with Gasteiger partial charge < -0.3 is 4.98 Å². The Hall–Kier alpha value is -1.24. The Labute approximate surface area is 91.5 Å². The maximum atomic E-state index is 3.56. The minimum absolute atomic E-state index is 0.239. The lowest BCUT2D eigenvalue weighted by molar-refractivity contribution is 0.491. The molecule has 1 heterocycles. The van der Waals surface area contributed by atoms with Gasteiger partial charge in [-0.05, 0) is 25.0 Å². The topological polar surface area (TPSA) is 15.8 Å². The van der Waals surface area contributed by atoms with Crippen LogP contribution in [0.25, 0.3) is 10.9 Å². The largest absolute Gasteiger partial charge is 0.358 e. The fraction of sp³-hybridized carbons (Fsp3) is 0.429. The fourth-order valence-electron chi connectivity index (χ4n) is 2.14. The third-order valence-electron chi connectivity index (χ3n) is 3.53. The van der Waals surface area contributed by atoms with E-state index in [4.69, 9.17) is 0 Å². The number of aromatic nitrogens is 1. The van der Waals surface area contributed by atoms with E-state index in [0.717, 1.165) is 6.42 Å². The number of aromatic amines is 1. The van der Waals surface area contributed by atoms with Gasteiger partial charge in [-0.15, -0.1) is 0 Å². The zero-order valence-corrected chi connectivity index (χ0v) is 10.0. The van der Waals surface area contributed by atoms with Crippen molar-refractivity contribution in [3.8, 4) is 0 Å². The summed E-state index contributed by atoms with van der Waals surface area (Å²) in [4.78, 5) is 3.56. The van der Waals surface area contributed by atoms with Crippen molar-refractivity contribution in [2.45, 2.75) is 39.5 Å². The summed E-state index contributed by atoms with van der Waals surface area (Å²) in [5.41, 5.74) is 4.28. The Balaban J connectivity index is 2.68. The predicted molar refractivity (Wildman–Crippen MR) is 66.4 cm³/mol. The monoisotopic (exact) mass is 201 g/mol. The van der Waals surface area contributed by atoms with Crippen LogP contribution in [-0.2, 0) is 5.41 Å². The van der Waals surface area contributed by atoms with Gasteiger partial charge in [0.15, 0.2) is 0 Å². The maximum Gasteiger partial charge on any atom is 0.0458 e. The molecule has 0 saturated carbocycles. The third kappa shape index (κ3) is 1.56. The average Bonchev–Trinajstić information content (AvgIpc) is 2.58. The van der Waals surface area contributed by atoms with Crippen molar-refractivity contribution in [1.82, 2.24) is 4.98 Å². The molecule has 1 N–H and O–H groups in total. The molecule has 2 aromatic rings. The van der Waals surface area contributed by atoms with Crippen LogP contribution in [0, 0.1) is 6.92 Å². The molecule has 1 nitrogen and oxygen atoms in total. The van der Waals surface area contributed by atoms with E-state index in [-0.39, 0.29) is 5.41 Å². The first-order valence-corrected chi connectivity index (χ1v) is 5.64. The molecule has 1 aromatic carbocycles. The van der Waals surface area contributed by atoms with E-state index < -0.39 is 0 Å². The van der Waals surface area contributed by atoms with Gasteiger partial charge in [-0.1, -0.05) is 39.0 Å². The van der Waals surface area contributed by atoms with Gasteiger partial charge in [0, 0.05) is 22.0 Å². The van der Waals surface area contributed by atoms with E-state index in [1.807, 2.05) is 0 Å². The normalized spacial score (nSPS) is 12.3. The molecule has 0 aliphatic rings. The zero-order chi connectivity index (χ0) is 11.1. The molecule has 0 aliphatic carbocycles. The molecule has 0 spiro atoms. The standard InChI is InChI=1S/C14H19N/c1-5-14(3,4)13-10(2)11-8-6-7-9-12(11)15-13/h6-9,15H,5H2,1-4H3. The van der Waals surface area contributed by atoms with Crippen molar-refractivity contribution in [3.05, 3.63) is 35.5 Å². The van der Waals surface area contributed by atoms with Gasteiger partial charge in [0.25, 0.3) is 0 Å². The molecular formula is C14H19N. The van der Waals surface area contributed by atoms with Gasteiger partial charge in [0.1, 0.15) is 0 Å². The van der Waals surface area contributed by atoms with Gasteiger partial charge in [0.05, 0.1) is 0 Å². The second-order valence-electron chi connectivity index (χ2n) is 4.91. The van der Waals surface area contributed by atoms with E-state index in [1.165, 1.54) is 22.2 Å². The van der Waals surface area contributed by atoms with Crippen molar-refractivity contribution in [3.63, 3.8) is 0 Å². The van der Waals surface area contributed by atoms with Crippen LogP contribution in [0.5, 0.6) is 0 Å². The number of fused-ring (bicyclic) bond motifs is 1. The summed E-state index contributed by atoms with van der Waals surface area (Å²) in [6.07, 6.45) is 1.15.